The second-order valence-electron chi connectivity index (χ2n) is 9.73. The standard InChI is InChI=1S/C30H32N4O3S/c1-20(10-9-19-35)28(36)32-26(22-13-6-3-7-14-22)30(37)34-18-8-15-23(34)29-33-27-24(38-29)16-17-31-25(27)21-11-4-2-5-12-21/h2-7,11-14,16-17,20,23,26,35H,8-10,15,18-19H2,1H3,(H,32,36)/t20-,23+,26+/m1/s1. The number of thiazole rings is 1. The number of aromatic nitrogens is 2. The number of likely N-dealkylation sites (tertiary alicyclic amines) is 1. The highest BCUT2D eigenvalue weighted by Gasteiger charge is 2.37. The average Bonchev–Trinajstić information content (AvgIpc) is 3.62. The number of benzene rings is 2. The van der Waals surface area contributed by atoms with Gasteiger partial charge in [-0.1, -0.05) is 67.6 Å². The van der Waals surface area contributed by atoms with E-state index in [2.05, 4.69) is 10.3 Å². The van der Waals surface area contributed by atoms with Gasteiger partial charge in [0.05, 0.1) is 16.4 Å². The molecule has 3 atom stereocenters. The van der Waals surface area contributed by atoms with E-state index in [1.807, 2.05) is 84.8 Å². The van der Waals surface area contributed by atoms with E-state index >= 15 is 0 Å². The van der Waals surface area contributed by atoms with Crippen LogP contribution in [0.5, 0.6) is 0 Å². The molecule has 1 aliphatic rings. The van der Waals surface area contributed by atoms with Gasteiger partial charge < -0.3 is 15.3 Å². The van der Waals surface area contributed by atoms with Gasteiger partial charge in [-0.2, -0.15) is 0 Å². The van der Waals surface area contributed by atoms with Crippen molar-refractivity contribution in [3.8, 4) is 11.3 Å². The topological polar surface area (TPSA) is 95.4 Å². The predicted octanol–water partition coefficient (Wildman–Crippen LogP) is 5.29. The van der Waals surface area contributed by atoms with Crippen molar-refractivity contribution in [2.75, 3.05) is 13.2 Å². The monoisotopic (exact) mass is 528 g/mol. The number of carbonyl (C=O) groups excluding carboxylic acids is 2. The Morgan fingerprint density at radius 1 is 1.11 bits per heavy atom. The smallest absolute Gasteiger partial charge is 0.250 e. The van der Waals surface area contributed by atoms with Crippen molar-refractivity contribution in [2.24, 2.45) is 5.92 Å². The van der Waals surface area contributed by atoms with Gasteiger partial charge >= 0.3 is 0 Å². The highest BCUT2D eigenvalue weighted by molar-refractivity contribution is 7.18. The Morgan fingerprint density at radius 2 is 1.84 bits per heavy atom. The summed E-state index contributed by atoms with van der Waals surface area (Å²) in [6.07, 6.45) is 4.61. The zero-order valence-corrected chi connectivity index (χ0v) is 22.2. The SMILES string of the molecule is C[C@H](CCCO)C(=O)N[C@H](C(=O)N1CCC[C@H]1c1nc2c(-c3ccccc3)nccc2s1)c1ccccc1. The van der Waals surface area contributed by atoms with Crippen LogP contribution in [0.15, 0.2) is 72.9 Å². The van der Waals surface area contributed by atoms with Gasteiger partial charge in [-0.3, -0.25) is 14.6 Å². The van der Waals surface area contributed by atoms with Crippen molar-refractivity contribution in [1.82, 2.24) is 20.2 Å². The van der Waals surface area contributed by atoms with E-state index in [0.717, 1.165) is 44.9 Å². The first kappa shape index (κ1) is 26.0. The van der Waals surface area contributed by atoms with Crippen molar-refractivity contribution in [3.05, 3.63) is 83.5 Å². The molecule has 4 aromatic rings. The van der Waals surface area contributed by atoms with Crippen LogP contribution in [0, 0.1) is 5.92 Å². The molecule has 0 radical (unpaired) electrons. The summed E-state index contributed by atoms with van der Waals surface area (Å²) < 4.78 is 1.04. The zero-order valence-electron chi connectivity index (χ0n) is 21.4. The summed E-state index contributed by atoms with van der Waals surface area (Å²) in [6, 6.07) is 20.5. The van der Waals surface area contributed by atoms with E-state index < -0.39 is 6.04 Å². The molecule has 38 heavy (non-hydrogen) atoms. The molecule has 0 spiro atoms. The normalized spacial score (nSPS) is 16.9. The number of hydrogen-bond acceptors (Lipinski definition) is 6. The first-order valence-electron chi connectivity index (χ1n) is 13.1. The molecule has 5 rings (SSSR count). The number of carbonyl (C=O) groups is 2. The van der Waals surface area contributed by atoms with Crippen LogP contribution in [0.2, 0.25) is 0 Å². The molecule has 0 unspecified atom stereocenters. The molecule has 2 aromatic heterocycles. The van der Waals surface area contributed by atoms with Crippen LogP contribution in [0.4, 0.5) is 0 Å². The number of nitrogens with zero attached hydrogens (tertiary/aromatic N) is 3. The summed E-state index contributed by atoms with van der Waals surface area (Å²) in [6.45, 7) is 2.48. The van der Waals surface area contributed by atoms with E-state index in [1.54, 1.807) is 11.3 Å². The Balaban J connectivity index is 1.44. The van der Waals surface area contributed by atoms with E-state index in [4.69, 9.17) is 10.1 Å². The fourth-order valence-corrected chi connectivity index (χ4v) is 6.13. The van der Waals surface area contributed by atoms with E-state index in [-0.39, 0.29) is 30.4 Å². The zero-order chi connectivity index (χ0) is 26.5. The van der Waals surface area contributed by atoms with Gasteiger partial charge in [0.25, 0.3) is 0 Å². The molecule has 3 heterocycles. The van der Waals surface area contributed by atoms with Crippen LogP contribution in [-0.4, -0.2) is 44.9 Å². The second-order valence-corrected chi connectivity index (χ2v) is 10.8. The fourth-order valence-electron chi connectivity index (χ4n) is 5.02. The van der Waals surface area contributed by atoms with Crippen LogP contribution < -0.4 is 5.32 Å². The van der Waals surface area contributed by atoms with Gasteiger partial charge in [-0.05, 0) is 37.3 Å². The molecule has 196 valence electrons. The molecule has 2 aromatic carbocycles. The number of aliphatic hydroxyl groups excluding tert-OH is 1. The molecule has 1 saturated heterocycles. The van der Waals surface area contributed by atoms with Crippen LogP contribution >= 0.6 is 11.3 Å². The predicted molar refractivity (Wildman–Crippen MR) is 149 cm³/mol. The third-order valence-corrected chi connectivity index (χ3v) is 8.22. The maximum absolute atomic E-state index is 14.0. The molecule has 7 nitrogen and oxygen atoms in total. The molecule has 8 heteroatoms. The van der Waals surface area contributed by atoms with Crippen LogP contribution in [-0.2, 0) is 9.59 Å². The first-order chi connectivity index (χ1) is 18.6. The van der Waals surface area contributed by atoms with Crippen molar-refractivity contribution < 1.29 is 14.7 Å². The van der Waals surface area contributed by atoms with Gasteiger partial charge in [0.1, 0.15) is 16.6 Å². The van der Waals surface area contributed by atoms with Crippen LogP contribution in [0.1, 0.15) is 55.3 Å². The number of rotatable bonds is 9. The van der Waals surface area contributed by atoms with Crippen LogP contribution in [0.25, 0.3) is 21.5 Å². The molecule has 2 N–H and O–H groups in total. The number of nitrogens with one attached hydrogen (secondary N) is 1. The summed E-state index contributed by atoms with van der Waals surface area (Å²) in [5, 5.41) is 13.1. The second kappa shape index (κ2) is 11.8. The number of amides is 2. The van der Waals surface area contributed by atoms with Crippen molar-refractivity contribution >= 4 is 33.4 Å². The van der Waals surface area contributed by atoms with Gasteiger partial charge in [-0.25, -0.2) is 4.98 Å². The minimum atomic E-state index is -0.781. The third kappa shape index (κ3) is 5.47. The average molecular weight is 529 g/mol. The Kier molecular flexibility index (Phi) is 8.10. The lowest BCUT2D eigenvalue weighted by molar-refractivity contribution is -0.138. The van der Waals surface area contributed by atoms with Gasteiger partial charge in [-0.15, -0.1) is 11.3 Å². The molecule has 0 bridgehead atoms. The van der Waals surface area contributed by atoms with Crippen LogP contribution in [0.3, 0.4) is 0 Å². The number of fused-ring (bicyclic) bond motifs is 1. The number of hydrogen-bond donors (Lipinski definition) is 2. The maximum atomic E-state index is 14.0. The van der Waals surface area contributed by atoms with E-state index in [0.29, 0.717) is 19.4 Å². The Hall–Kier alpha value is -3.62. The lowest BCUT2D eigenvalue weighted by Gasteiger charge is -2.29. The van der Waals surface area contributed by atoms with Gasteiger partial charge in [0, 0.05) is 30.8 Å². The van der Waals surface area contributed by atoms with E-state index in [1.165, 1.54) is 0 Å². The maximum Gasteiger partial charge on any atom is 0.250 e. The first-order valence-corrected chi connectivity index (χ1v) is 14.0. The third-order valence-electron chi connectivity index (χ3n) is 7.10. The largest absolute Gasteiger partial charge is 0.396 e. The van der Waals surface area contributed by atoms with Crippen molar-refractivity contribution in [1.29, 1.82) is 0 Å². The number of pyridine rings is 1. The highest BCUT2D eigenvalue weighted by atomic mass is 32.1. The van der Waals surface area contributed by atoms with Gasteiger partial charge in [0.15, 0.2) is 0 Å². The molecule has 2 amide bonds. The molecule has 1 aliphatic heterocycles. The molecular formula is C30H32N4O3S. The number of aliphatic hydroxyl groups is 1. The summed E-state index contributed by atoms with van der Waals surface area (Å²) >= 11 is 1.60. The summed E-state index contributed by atoms with van der Waals surface area (Å²) in [5.41, 5.74) is 3.46. The summed E-state index contributed by atoms with van der Waals surface area (Å²) in [7, 11) is 0. The van der Waals surface area contributed by atoms with Crippen molar-refractivity contribution in [3.63, 3.8) is 0 Å². The lowest BCUT2D eigenvalue weighted by atomic mass is 10.0. The fraction of sp³-hybridized carbons (Fsp3) is 0.333. The van der Waals surface area contributed by atoms with E-state index in [9.17, 15) is 9.59 Å². The molecule has 0 saturated carbocycles. The Labute approximate surface area is 226 Å². The summed E-state index contributed by atoms with van der Waals surface area (Å²) in [4.78, 5) is 38.6. The Morgan fingerprint density at radius 3 is 2.58 bits per heavy atom. The quantitative estimate of drug-likeness (QED) is 0.308. The van der Waals surface area contributed by atoms with Gasteiger partial charge in [0.2, 0.25) is 11.8 Å². The minimum Gasteiger partial charge on any atom is -0.396 e. The molecule has 1 fully saturated rings. The molecular weight excluding hydrogens is 496 g/mol. The Bertz CT molecular complexity index is 1390. The van der Waals surface area contributed by atoms with Crippen molar-refractivity contribution in [2.45, 2.75) is 44.7 Å². The minimum absolute atomic E-state index is 0.0395. The summed E-state index contributed by atoms with van der Waals surface area (Å²) in [5.74, 6) is -0.610. The lowest BCUT2D eigenvalue weighted by Crippen LogP contribution is -2.44. The molecule has 0 aliphatic carbocycles. The highest BCUT2D eigenvalue weighted by Crippen LogP contribution is 2.39.